The van der Waals surface area contributed by atoms with Crippen LogP contribution >= 0.6 is 0 Å². The molecule has 0 aliphatic carbocycles. The van der Waals surface area contributed by atoms with Crippen molar-refractivity contribution in [3.63, 3.8) is 0 Å². The fourth-order valence-corrected chi connectivity index (χ4v) is 5.73. The number of carbonyl (C=O) groups excluding carboxylic acids is 2. The predicted molar refractivity (Wildman–Crippen MR) is 98.5 cm³/mol. The minimum absolute atomic E-state index is 0.168. The maximum absolute atomic E-state index is 12.9. The topological polar surface area (TPSA) is 96.0 Å². The van der Waals surface area contributed by atoms with Crippen LogP contribution in [0.5, 0.6) is 0 Å². The van der Waals surface area contributed by atoms with E-state index in [0.29, 0.717) is 25.6 Å². The van der Waals surface area contributed by atoms with Gasteiger partial charge in [-0.05, 0) is 33.4 Å². The highest BCUT2D eigenvalue weighted by Gasteiger charge is 2.45. The molecule has 9 heteroatoms. The smallest absolute Gasteiger partial charge is 0.249 e. The van der Waals surface area contributed by atoms with Gasteiger partial charge >= 0.3 is 0 Å². The molecule has 2 aliphatic heterocycles. The van der Waals surface area contributed by atoms with E-state index in [0.717, 1.165) is 12.8 Å². The summed E-state index contributed by atoms with van der Waals surface area (Å²) in [6.45, 7) is 3.06. The molecular formula is C17H31N3O5S. The van der Waals surface area contributed by atoms with Gasteiger partial charge in [-0.2, -0.15) is 0 Å². The van der Waals surface area contributed by atoms with E-state index in [4.69, 9.17) is 4.74 Å². The Labute approximate surface area is 156 Å². The van der Waals surface area contributed by atoms with E-state index in [1.54, 1.807) is 4.90 Å². The maximum Gasteiger partial charge on any atom is 0.249 e. The van der Waals surface area contributed by atoms with E-state index in [-0.39, 0.29) is 23.3 Å². The summed E-state index contributed by atoms with van der Waals surface area (Å²) in [6, 6.07) is -0.246. The monoisotopic (exact) mass is 389 g/mol. The number of rotatable bonds is 6. The number of sulfone groups is 1. The minimum Gasteiger partial charge on any atom is -0.372 e. The molecule has 0 aromatic heterocycles. The van der Waals surface area contributed by atoms with E-state index < -0.39 is 27.9 Å². The molecule has 2 rings (SSSR count). The Morgan fingerprint density at radius 3 is 2.35 bits per heavy atom. The highest BCUT2D eigenvalue weighted by atomic mass is 32.2. The Bertz CT molecular complexity index is 610. The summed E-state index contributed by atoms with van der Waals surface area (Å²) in [5, 5.41) is 2.73. The quantitative estimate of drug-likeness (QED) is 0.658. The number of hydrogen-bond donors (Lipinski definition) is 1. The second kappa shape index (κ2) is 8.67. The van der Waals surface area contributed by atoms with Crippen molar-refractivity contribution >= 4 is 21.7 Å². The van der Waals surface area contributed by atoms with Crippen LogP contribution in [0.25, 0.3) is 0 Å². The lowest BCUT2D eigenvalue weighted by molar-refractivity contribution is -0.138. The van der Waals surface area contributed by atoms with Crippen LogP contribution in [0.3, 0.4) is 0 Å². The number of nitrogens with one attached hydrogen (secondary N) is 1. The van der Waals surface area contributed by atoms with E-state index in [2.05, 4.69) is 10.2 Å². The van der Waals surface area contributed by atoms with Crippen molar-refractivity contribution in [3.05, 3.63) is 0 Å². The van der Waals surface area contributed by atoms with Gasteiger partial charge in [0.25, 0.3) is 0 Å². The van der Waals surface area contributed by atoms with Crippen molar-refractivity contribution in [1.82, 2.24) is 15.1 Å². The van der Waals surface area contributed by atoms with Crippen molar-refractivity contribution in [3.8, 4) is 0 Å². The largest absolute Gasteiger partial charge is 0.372 e. The molecule has 2 fully saturated rings. The first-order valence-corrected chi connectivity index (χ1v) is 11.0. The number of likely N-dealkylation sites (tertiary alicyclic amines) is 1. The van der Waals surface area contributed by atoms with Gasteiger partial charge in [-0.3, -0.25) is 9.59 Å². The van der Waals surface area contributed by atoms with Gasteiger partial charge in [0.2, 0.25) is 11.8 Å². The van der Waals surface area contributed by atoms with Gasteiger partial charge in [-0.25, -0.2) is 8.42 Å². The lowest BCUT2D eigenvalue weighted by Crippen LogP contribution is -2.52. The average Bonchev–Trinajstić information content (AvgIpc) is 2.89. The van der Waals surface area contributed by atoms with Gasteiger partial charge in [-0.15, -0.1) is 0 Å². The van der Waals surface area contributed by atoms with Crippen molar-refractivity contribution < 1.29 is 22.7 Å². The number of hydrogen-bond acceptors (Lipinski definition) is 6. The molecule has 0 saturated carbocycles. The summed E-state index contributed by atoms with van der Waals surface area (Å²) in [7, 11) is 2.14. The van der Waals surface area contributed by atoms with Crippen LogP contribution in [-0.2, 0) is 24.2 Å². The summed E-state index contributed by atoms with van der Waals surface area (Å²) in [5.41, 5.74) is 0. The van der Waals surface area contributed by atoms with E-state index in [1.807, 2.05) is 21.0 Å². The molecule has 0 radical (unpaired) electrons. The van der Waals surface area contributed by atoms with Crippen molar-refractivity contribution in [2.24, 2.45) is 5.92 Å². The lowest BCUT2D eigenvalue weighted by atomic mass is 9.98. The molecule has 2 amide bonds. The number of methoxy groups -OCH3 is 1. The van der Waals surface area contributed by atoms with Gasteiger partial charge in [0.05, 0.1) is 23.5 Å². The van der Waals surface area contributed by atoms with Crippen LogP contribution in [0, 0.1) is 5.92 Å². The molecule has 1 unspecified atom stereocenters. The van der Waals surface area contributed by atoms with Gasteiger partial charge in [0.1, 0.15) is 6.10 Å². The zero-order valence-electron chi connectivity index (χ0n) is 16.1. The van der Waals surface area contributed by atoms with Crippen molar-refractivity contribution in [2.75, 3.05) is 45.8 Å². The van der Waals surface area contributed by atoms with Crippen LogP contribution in [0.2, 0.25) is 0 Å². The molecule has 0 aromatic rings. The van der Waals surface area contributed by atoms with Crippen LogP contribution < -0.4 is 5.32 Å². The number of piperidine rings is 1. The molecule has 0 aromatic carbocycles. The molecule has 2 aliphatic rings. The molecule has 2 heterocycles. The molecule has 0 spiro atoms. The summed E-state index contributed by atoms with van der Waals surface area (Å²) in [5.74, 6) is -1.63. The van der Waals surface area contributed by atoms with Crippen LogP contribution in [-0.4, -0.2) is 94.0 Å². The number of ether oxygens (including phenoxy) is 1. The van der Waals surface area contributed by atoms with Crippen molar-refractivity contribution in [2.45, 2.75) is 44.4 Å². The second-order valence-corrected chi connectivity index (χ2v) is 9.60. The maximum atomic E-state index is 12.9. The zero-order valence-corrected chi connectivity index (χ0v) is 16.9. The lowest BCUT2D eigenvalue weighted by Gasteiger charge is -2.37. The Hall–Kier alpha value is -1.19. The van der Waals surface area contributed by atoms with Crippen LogP contribution in [0.1, 0.15) is 26.2 Å². The number of amides is 2. The molecule has 2 saturated heterocycles. The first-order valence-electron chi connectivity index (χ1n) is 9.17. The SMILES string of the molecule is CCC(OC)C(=O)N[C@@H]1CS(=O)(=O)C[C@H]1C(=O)N1CCC(N(C)C)CC1. The third kappa shape index (κ3) is 4.95. The average molecular weight is 390 g/mol. The fraction of sp³-hybridized carbons (Fsp3) is 0.882. The summed E-state index contributed by atoms with van der Waals surface area (Å²) >= 11 is 0. The van der Waals surface area contributed by atoms with Gasteiger partial charge in [0.15, 0.2) is 9.84 Å². The third-order valence-electron chi connectivity index (χ3n) is 5.45. The van der Waals surface area contributed by atoms with Gasteiger partial charge in [-0.1, -0.05) is 6.92 Å². The van der Waals surface area contributed by atoms with Crippen LogP contribution in [0.15, 0.2) is 0 Å². The van der Waals surface area contributed by atoms with Crippen molar-refractivity contribution in [1.29, 1.82) is 0 Å². The predicted octanol–water partition coefficient (Wildman–Crippen LogP) is -0.507. The summed E-state index contributed by atoms with van der Waals surface area (Å²) in [4.78, 5) is 29.1. The fourth-order valence-electron chi connectivity index (χ4n) is 3.81. The highest BCUT2D eigenvalue weighted by Crippen LogP contribution is 2.24. The standard InChI is InChI=1S/C17H31N3O5S/c1-5-15(25-4)16(21)18-14-11-26(23,24)10-13(14)17(22)20-8-6-12(7-9-20)19(2)3/h12-15H,5-11H2,1-4H3,(H,18,21)/t13-,14-,15?/m1/s1. The minimum atomic E-state index is -3.35. The normalized spacial score (nSPS) is 27.5. The Kier molecular flexibility index (Phi) is 7.04. The molecular weight excluding hydrogens is 358 g/mol. The highest BCUT2D eigenvalue weighted by molar-refractivity contribution is 7.91. The van der Waals surface area contributed by atoms with Gasteiger partial charge in [0, 0.05) is 26.2 Å². The Morgan fingerprint density at radius 2 is 1.85 bits per heavy atom. The number of carbonyl (C=O) groups is 2. The zero-order chi connectivity index (χ0) is 19.5. The molecule has 3 atom stereocenters. The Morgan fingerprint density at radius 1 is 1.23 bits per heavy atom. The number of nitrogens with zero attached hydrogens (tertiary/aromatic N) is 2. The first-order chi connectivity index (χ1) is 12.2. The summed E-state index contributed by atoms with van der Waals surface area (Å²) < 4.78 is 29.3. The molecule has 0 bridgehead atoms. The molecule has 1 N–H and O–H groups in total. The van der Waals surface area contributed by atoms with E-state index in [1.165, 1.54) is 7.11 Å². The summed E-state index contributed by atoms with van der Waals surface area (Å²) in [6.07, 6.45) is 1.59. The molecule has 150 valence electrons. The van der Waals surface area contributed by atoms with E-state index in [9.17, 15) is 18.0 Å². The molecule has 26 heavy (non-hydrogen) atoms. The second-order valence-electron chi connectivity index (χ2n) is 7.45. The third-order valence-corrected chi connectivity index (χ3v) is 7.19. The van der Waals surface area contributed by atoms with Gasteiger partial charge < -0.3 is 19.9 Å². The Balaban J connectivity index is 2.05. The molecule has 8 nitrogen and oxygen atoms in total. The van der Waals surface area contributed by atoms with Crippen LogP contribution in [0.4, 0.5) is 0 Å². The van der Waals surface area contributed by atoms with E-state index >= 15 is 0 Å². The first kappa shape index (κ1) is 21.1.